The van der Waals surface area contributed by atoms with Crippen molar-refractivity contribution in [2.45, 2.75) is 39.5 Å². The average Bonchev–Trinajstić information content (AvgIpc) is 2.46. The van der Waals surface area contributed by atoms with E-state index in [4.69, 9.17) is 7.49 Å². The van der Waals surface area contributed by atoms with E-state index in [0.29, 0.717) is 6.54 Å². The fourth-order valence-corrected chi connectivity index (χ4v) is 2.25. The van der Waals surface area contributed by atoms with Crippen molar-refractivity contribution in [2.75, 3.05) is 17.6 Å². The summed E-state index contributed by atoms with van der Waals surface area (Å²) in [5.41, 5.74) is 4.31. The number of hydrogen-bond acceptors (Lipinski definition) is 3. The minimum absolute atomic E-state index is 0.0129. The van der Waals surface area contributed by atoms with Crippen molar-refractivity contribution >= 4 is 37.3 Å². The summed E-state index contributed by atoms with van der Waals surface area (Å²) in [6, 6.07) is 6.20. The van der Waals surface area contributed by atoms with E-state index in [9.17, 15) is 4.79 Å². The zero-order chi connectivity index (χ0) is 15.7. The SMILES string of the molecule is [B]=C(CCCCCNC(=O)CS)Nc1c(C)cccc1C. The predicted molar refractivity (Wildman–Crippen MR) is 95.6 cm³/mol. The molecule has 1 aromatic rings. The van der Waals surface area contributed by atoms with Crippen LogP contribution in [0.5, 0.6) is 0 Å². The Labute approximate surface area is 134 Å². The zero-order valence-corrected chi connectivity index (χ0v) is 13.8. The number of para-hydroxylation sites is 1. The van der Waals surface area contributed by atoms with Crippen molar-refractivity contribution in [2.24, 2.45) is 0 Å². The van der Waals surface area contributed by atoms with Crippen LogP contribution in [0.3, 0.4) is 0 Å². The molecule has 113 valence electrons. The van der Waals surface area contributed by atoms with Crippen molar-refractivity contribution in [3.05, 3.63) is 29.3 Å². The molecule has 3 nitrogen and oxygen atoms in total. The Balaban J connectivity index is 2.21. The monoisotopic (exact) mass is 303 g/mol. The minimum atomic E-state index is -0.0129. The second-order valence-corrected chi connectivity index (χ2v) is 5.55. The molecule has 0 aliphatic rings. The van der Waals surface area contributed by atoms with Gasteiger partial charge in [0, 0.05) is 0 Å². The van der Waals surface area contributed by atoms with E-state index in [1.54, 1.807) is 0 Å². The summed E-state index contributed by atoms with van der Waals surface area (Å²) in [6.45, 7) is 4.86. The number of carbonyl (C=O) groups is 1. The Morgan fingerprint density at radius 1 is 1.19 bits per heavy atom. The molecule has 0 bridgehead atoms. The van der Waals surface area contributed by atoms with Crippen molar-refractivity contribution in [3.63, 3.8) is 0 Å². The maximum absolute atomic E-state index is 11.0. The summed E-state index contributed by atoms with van der Waals surface area (Å²) in [5.74, 6) is 0.238. The van der Waals surface area contributed by atoms with Gasteiger partial charge in [0.1, 0.15) is 0 Å². The number of anilines is 1. The standard InChI is InChI=1S/C16H24BN2OS/c1-12-7-6-8-13(2)16(12)19-14(17)9-4-3-5-10-18-15(20)11-21/h6-8,19,21H,3-5,9-11H2,1-2H3,(H,18,20). The summed E-state index contributed by atoms with van der Waals surface area (Å²) in [7, 11) is 6.05. The van der Waals surface area contributed by atoms with Crippen LogP contribution in [0.4, 0.5) is 5.69 Å². The van der Waals surface area contributed by atoms with E-state index in [1.807, 2.05) is 6.07 Å². The Morgan fingerprint density at radius 2 is 1.86 bits per heavy atom. The molecule has 1 rings (SSSR count). The van der Waals surface area contributed by atoms with Gasteiger partial charge in [0.2, 0.25) is 0 Å². The van der Waals surface area contributed by atoms with Crippen molar-refractivity contribution < 1.29 is 4.79 Å². The number of thiol groups is 1. The third-order valence-electron chi connectivity index (χ3n) is 3.36. The maximum atomic E-state index is 11.0. The van der Waals surface area contributed by atoms with Crippen molar-refractivity contribution in [3.8, 4) is 0 Å². The molecule has 1 amide bonds. The molecule has 1 aromatic carbocycles. The first-order valence-corrected chi connectivity index (χ1v) is 8.00. The van der Waals surface area contributed by atoms with Crippen LogP contribution in [0, 0.1) is 13.8 Å². The molecular weight excluding hydrogens is 279 g/mol. The van der Waals surface area contributed by atoms with Crippen LogP contribution in [-0.4, -0.2) is 31.3 Å². The quantitative estimate of drug-likeness (QED) is 0.373. The van der Waals surface area contributed by atoms with Gasteiger partial charge >= 0.3 is 134 Å². The average molecular weight is 303 g/mol. The predicted octanol–water partition coefficient (Wildman–Crippen LogP) is 2.62. The Kier molecular flexibility index (Phi) is 8.20. The first-order chi connectivity index (χ1) is 10.0. The molecule has 0 saturated heterocycles. The van der Waals surface area contributed by atoms with Gasteiger partial charge in [-0.3, -0.25) is 0 Å². The van der Waals surface area contributed by atoms with Gasteiger partial charge in [-0.25, -0.2) is 0 Å². The third-order valence-corrected chi connectivity index (χ3v) is 3.64. The van der Waals surface area contributed by atoms with E-state index in [-0.39, 0.29) is 11.7 Å². The van der Waals surface area contributed by atoms with E-state index >= 15 is 0 Å². The molecule has 0 heterocycles. The number of rotatable bonds is 9. The fraction of sp³-hybridized carbons (Fsp3) is 0.500. The zero-order valence-electron chi connectivity index (χ0n) is 12.9. The van der Waals surface area contributed by atoms with Gasteiger partial charge in [0.25, 0.3) is 0 Å². The van der Waals surface area contributed by atoms with E-state index in [1.165, 1.54) is 11.1 Å². The van der Waals surface area contributed by atoms with Crippen LogP contribution in [0.2, 0.25) is 0 Å². The molecule has 5 heteroatoms. The summed E-state index contributed by atoms with van der Waals surface area (Å²) < 4.78 is 0. The fourth-order valence-electron chi connectivity index (χ4n) is 2.14. The molecule has 0 aliphatic carbocycles. The molecule has 0 spiro atoms. The molecule has 0 aromatic heterocycles. The van der Waals surface area contributed by atoms with Crippen LogP contribution >= 0.6 is 12.6 Å². The number of nitrogens with one attached hydrogen (secondary N) is 2. The first-order valence-electron chi connectivity index (χ1n) is 7.36. The Hall–Kier alpha value is -1.23. The normalized spacial score (nSPS) is 10.2. The topological polar surface area (TPSA) is 41.1 Å². The van der Waals surface area contributed by atoms with Crippen LogP contribution in [0.15, 0.2) is 18.2 Å². The third kappa shape index (κ3) is 6.85. The Morgan fingerprint density at radius 3 is 2.48 bits per heavy atom. The van der Waals surface area contributed by atoms with Gasteiger partial charge in [-0.15, -0.1) is 0 Å². The van der Waals surface area contributed by atoms with Crippen LogP contribution in [0.25, 0.3) is 0 Å². The van der Waals surface area contributed by atoms with E-state index < -0.39 is 0 Å². The molecular formula is C16H24BN2OS. The number of benzene rings is 1. The summed E-state index contributed by atoms with van der Waals surface area (Å²) in [5, 5.41) is 6.12. The van der Waals surface area contributed by atoms with Crippen LogP contribution < -0.4 is 10.6 Å². The first kappa shape index (κ1) is 17.8. The van der Waals surface area contributed by atoms with Crippen LogP contribution in [0.1, 0.15) is 36.8 Å². The second-order valence-electron chi connectivity index (χ2n) is 5.24. The van der Waals surface area contributed by atoms with Gasteiger partial charge in [-0.05, 0) is 0 Å². The van der Waals surface area contributed by atoms with E-state index in [2.05, 4.69) is 49.2 Å². The van der Waals surface area contributed by atoms with Gasteiger partial charge < -0.3 is 0 Å². The van der Waals surface area contributed by atoms with Crippen LogP contribution in [-0.2, 0) is 4.79 Å². The molecule has 0 fully saturated rings. The molecule has 2 N–H and O–H groups in total. The Bertz CT molecular complexity index is 471. The molecule has 0 aliphatic heterocycles. The number of amides is 1. The van der Waals surface area contributed by atoms with Crippen molar-refractivity contribution in [1.29, 1.82) is 0 Å². The molecule has 0 atom stereocenters. The summed E-state index contributed by atoms with van der Waals surface area (Å²) >= 11 is 3.91. The van der Waals surface area contributed by atoms with Gasteiger partial charge in [0.15, 0.2) is 0 Å². The number of unbranched alkanes of at least 4 members (excludes halogenated alkanes) is 2. The molecule has 0 saturated carbocycles. The molecule has 1 radical (unpaired) electrons. The number of aryl methyl sites for hydroxylation is 2. The molecule has 0 unspecified atom stereocenters. The molecule has 21 heavy (non-hydrogen) atoms. The number of hydrogen-bond donors (Lipinski definition) is 3. The second kappa shape index (κ2) is 9.66. The van der Waals surface area contributed by atoms with Gasteiger partial charge in [-0.2, -0.15) is 0 Å². The van der Waals surface area contributed by atoms with Gasteiger partial charge in [-0.1, -0.05) is 0 Å². The number of carbonyl (C=O) groups excluding carboxylic acids is 1. The van der Waals surface area contributed by atoms with Crippen molar-refractivity contribution in [1.82, 2.24) is 5.32 Å². The summed E-state index contributed by atoms with van der Waals surface area (Å²) in [6.07, 6.45) is 3.87. The van der Waals surface area contributed by atoms with Gasteiger partial charge in [0.05, 0.1) is 0 Å². The van der Waals surface area contributed by atoms with E-state index in [0.717, 1.165) is 37.0 Å². The summed E-state index contributed by atoms with van der Waals surface area (Å²) in [4.78, 5) is 11.0.